The zero-order valence-corrected chi connectivity index (χ0v) is 12.0. The highest BCUT2D eigenvalue weighted by Gasteiger charge is 2.22. The molecule has 1 saturated carbocycles. The summed E-state index contributed by atoms with van der Waals surface area (Å²) in [6.07, 6.45) is 6.76. The number of nitrogens with one attached hydrogen (secondary N) is 1. The van der Waals surface area contributed by atoms with Gasteiger partial charge in [0.1, 0.15) is 11.8 Å². The molecule has 3 aromatic rings. The minimum atomic E-state index is -0.0671. The molecule has 1 aliphatic carbocycles. The van der Waals surface area contributed by atoms with Gasteiger partial charge in [-0.25, -0.2) is 4.68 Å². The first-order valence-corrected chi connectivity index (χ1v) is 7.43. The van der Waals surface area contributed by atoms with Gasteiger partial charge in [0.2, 0.25) is 0 Å². The van der Waals surface area contributed by atoms with Crippen molar-refractivity contribution in [2.24, 2.45) is 0 Å². The first-order chi connectivity index (χ1) is 10.2. The van der Waals surface area contributed by atoms with Crippen LogP contribution in [-0.4, -0.2) is 26.3 Å². The Hall–Kier alpha value is -2.08. The second-order valence-electron chi connectivity index (χ2n) is 5.86. The number of furan rings is 1. The van der Waals surface area contributed by atoms with Crippen LogP contribution in [0.4, 0.5) is 0 Å². The highest BCUT2D eigenvalue weighted by Crippen LogP contribution is 2.20. The zero-order valence-electron chi connectivity index (χ0n) is 12.0. The maximum atomic E-state index is 12.5. The lowest BCUT2D eigenvalue weighted by atomic mass is 10.2. The molecule has 4 rings (SSSR count). The van der Waals surface area contributed by atoms with Gasteiger partial charge in [-0.15, -0.1) is 0 Å². The Morgan fingerprint density at radius 3 is 3.14 bits per heavy atom. The number of hydrogen-bond donors (Lipinski definition) is 1. The Kier molecular flexibility index (Phi) is 2.85. The van der Waals surface area contributed by atoms with E-state index < -0.39 is 0 Å². The standard InChI is InChI=1S/C15H18N4O2/c1-10(17-11-2-3-11)4-6-19-15(20)13-8-14-12(5-7-21-14)18(13)9-16-19/h5,7-11,17H,2-4,6H2,1H3/t10-/m1/s1. The highest BCUT2D eigenvalue weighted by atomic mass is 16.3. The summed E-state index contributed by atoms with van der Waals surface area (Å²) in [4.78, 5) is 12.5. The molecular formula is C15H18N4O2. The Bertz CT molecular complexity index is 840. The molecule has 110 valence electrons. The van der Waals surface area contributed by atoms with Crippen LogP contribution in [0.1, 0.15) is 26.2 Å². The van der Waals surface area contributed by atoms with Crippen molar-refractivity contribution in [2.45, 2.75) is 44.8 Å². The fraction of sp³-hybridized carbons (Fsp3) is 0.467. The molecule has 6 heteroatoms. The second kappa shape index (κ2) is 4.73. The van der Waals surface area contributed by atoms with E-state index in [1.807, 2.05) is 6.07 Å². The summed E-state index contributed by atoms with van der Waals surface area (Å²) in [5.74, 6) is 0. The second-order valence-corrected chi connectivity index (χ2v) is 5.86. The molecule has 3 aromatic heterocycles. The van der Waals surface area contributed by atoms with Crippen LogP contribution < -0.4 is 10.9 Å². The average molecular weight is 286 g/mol. The van der Waals surface area contributed by atoms with Gasteiger partial charge in [-0.2, -0.15) is 5.10 Å². The number of fused-ring (bicyclic) bond motifs is 3. The van der Waals surface area contributed by atoms with Crippen molar-refractivity contribution in [3.63, 3.8) is 0 Å². The van der Waals surface area contributed by atoms with Crippen LogP contribution >= 0.6 is 0 Å². The van der Waals surface area contributed by atoms with E-state index in [0.29, 0.717) is 24.1 Å². The summed E-state index contributed by atoms with van der Waals surface area (Å²) in [5.41, 5.74) is 2.14. The van der Waals surface area contributed by atoms with Crippen molar-refractivity contribution in [2.75, 3.05) is 0 Å². The van der Waals surface area contributed by atoms with Crippen molar-refractivity contribution >= 4 is 16.6 Å². The summed E-state index contributed by atoms with van der Waals surface area (Å²) < 4.78 is 8.66. The lowest BCUT2D eigenvalue weighted by molar-refractivity contribution is 0.445. The van der Waals surface area contributed by atoms with Crippen molar-refractivity contribution < 1.29 is 4.42 Å². The van der Waals surface area contributed by atoms with Gasteiger partial charge in [0.15, 0.2) is 5.58 Å². The van der Waals surface area contributed by atoms with Crippen molar-refractivity contribution in [1.29, 1.82) is 0 Å². The van der Waals surface area contributed by atoms with Crippen LogP contribution in [0.2, 0.25) is 0 Å². The third kappa shape index (κ3) is 2.25. The number of aromatic nitrogens is 3. The molecule has 3 heterocycles. The van der Waals surface area contributed by atoms with Gasteiger partial charge in [0.05, 0.1) is 11.8 Å². The topological polar surface area (TPSA) is 64.5 Å². The maximum Gasteiger partial charge on any atom is 0.291 e. The summed E-state index contributed by atoms with van der Waals surface area (Å²) in [6.45, 7) is 2.79. The monoisotopic (exact) mass is 286 g/mol. The Morgan fingerprint density at radius 1 is 1.48 bits per heavy atom. The van der Waals surface area contributed by atoms with Crippen LogP contribution in [0.15, 0.2) is 33.9 Å². The molecule has 0 amide bonds. The molecule has 0 saturated heterocycles. The largest absolute Gasteiger partial charge is 0.463 e. The van der Waals surface area contributed by atoms with Crippen molar-refractivity contribution in [3.8, 4) is 0 Å². The normalized spacial score (nSPS) is 16.8. The Labute approximate surface area is 121 Å². The van der Waals surface area contributed by atoms with Gasteiger partial charge in [0.25, 0.3) is 5.56 Å². The van der Waals surface area contributed by atoms with Crippen LogP contribution in [0.5, 0.6) is 0 Å². The molecule has 1 N–H and O–H groups in total. The van der Waals surface area contributed by atoms with E-state index in [4.69, 9.17) is 4.42 Å². The minimum absolute atomic E-state index is 0.0671. The smallest absolute Gasteiger partial charge is 0.291 e. The predicted octanol–water partition coefficient (Wildman–Crippen LogP) is 1.77. The molecule has 21 heavy (non-hydrogen) atoms. The molecule has 0 aromatic carbocycles. The molecular weight excluding hydrogens is 268 g/mol. The highest BCUT2D eigenvalue weighted by molar-refractivity contribution is 5.81. The quantitative estimate of drug-likeness (QED) is 0.776. The molecule has 0 radical (unpaired) electrons. The number of nitrogens with zero attached hydrogens (tertiary/aromatic N) is 3. The third-order valence-corrected chi connectivity index (χ3v) is 4.09. The van der Waals surface area contributed by atoms with E-state index in [2.05, 4.69) is 17.3 Å². The van der Waals surface area contributed by atoms with Crippen molar-refractivity contribution in [3.05, 3.63) is 35.1 Å². The average Bonchev–Trinajstić information content (AvgIpc) is 3.02. The molecule has 1 fully saturated rings. The van der Waals surface area contributed by atoms with E-state index in [0.717, 1.165) is 17.5 Å². The van der Waals surface area contributed by atoms with Crippen LogP contribution in [0.25, 0.3) is 16.6 Å². The Morgan fingerprint density at radius 2 is 2.33 bits per heavy atom. The van der Waals surface area contributed by atoms with Gasteiger partial charge < -0.3 is 9.73 Å². The lowest BCUT2D eigenvalue weighted by Gasteiger charge is -2.13. The van der Waals surface area contributed by atoms with E-state index in [-0.39, 0.29) is 5.56 Å². The number of hydrogen-bond acceptors (Lipinski definition) is 4. The van der Waals surface area contributed by atoms with Crippen LogP contribution in [0.3, 0.4) is 0 Å². The predicted molar refractivity (Wildman–Crippen MR) is 79.5 cm³/mol. The maximum absolute atomic E-state index is 12.5. The number of rotatable bonds is 5. The van der Waals surface area contributed by atoms with Crippen LogP contribution in [-0.2, 0) is 6.54 Å². The van der Waals surface area contributed by atoms with Gasteiger partial charge in [-0.3, -0.25) is 9.20 Å². The van der Waals surface area contributed by atoms with Gasteiger partial charge in [-0.05, 0) is 26.2 Å². The van der Waals surface area contributed by atoms with Crippen molar-refractivity contribution in [1.82, 2.24) is 19.5 Å². The fourth-order valence-corrected chi connectivity index (χ4v) is 2.74. The SMILES string of the molecule is C[C@H](CCn1ncn2c(cc3occc32)c1=O)NC1CC1. The van der Waals surface area contributed by atoms with E-state index >= 15 is 0 Å². The van der Waals surface area contributed by atoms with Gasteiger partial charge in [-0.1, -0.05) is 0 Å². The molecule has 0 aliphatic heterocycles. The zero-order chi connectivity index (χ0) is 14.4. The molecule has 0 bridgehead atoms. The first kappa shape index (κ1) is 12.6. The lowest BCUT2D eigenvalue weighted by Crippen LogP contribution is -2.32. The van der Waals surface area contributed by atoms with Gasteiger partial charge >= 0.3 is 0 Å². The van der Waals surface area contributed by atoms with Crippen LogP contribution in [0, 0.1) is 0 Å². The molecule has 1 aliphatic rings. The molecule has 6 nitrogen and oxygen atoms in total. The molecule has 0 unspecified atom stereocenters. The summed E-state index contributed by atoms with van der Waals surface area (Å²) in [6, 6.07) is 4.71. The molecule has 0 spiro atoms. The molecule has 1 atom stereocenters. The summed E-state index contributed by atoms with van der Waals surface area (Å²) >= 11 is 0. The fourth-order valence-electron chi connectivity index (χ4n) is 2.74. The minimum Gasteiger partial charge on any atom is -0.463 e. The van der Waals surface area contributed by atoms with Gasteiger partial charge in [0, 0.05) is 30.8 Å². The Balaban J connectivity index is 1.59. The number of aryl methyl sites for hydroxylation is 1. The summed E-state index contributed by atoms with van der Waals surface area (Å²) in [5, 5.41) is 7.81. The van der Waals surface area contributed by atoms with E-state index in [9.17, 15) is 4.79 Å². The van der Waals surface area contributed by atoms with E-state index in [1.54, 1.807) is 27.7 Å². The summed E-state index contributed by atoms with van der Waals surface area (Å²) in [7, 11) is 0. The first-order valence-electron chi connectivity index (χ1n) is 7.43. The van der Waals surface area contributed by atoms with E-state index in [1.165, 1.54) is 12.8 Å². The third-order valence-electron chi connectivity index (χ3n) is 4.09.